The Labute approximate surface area is 87.0 Å². The van der Waals surface area contributed by atoms with Gasteiger partial charge in [-0.25, -0.2) is 4.79 Å². The van der Waals surface area contributed by atoms with Gasteiger partial charge in [0.05, 0.1) is 0 Å². The van der Waals surface area contributed by atoms with Crippen molar-refractivity contribution in [1.29, 1.82) is 0 Å². The summed E-state index contributed by atoms with van der Waals surface area (Å²) < 4.78 is 0. The highest BCUT2D eigenvalue weighted by Crippen LogP contribution is 1.98. The van der Waals surface area contributed by atoms with Gasteiger partial charge in [-0.3, -0.25) is 0 Å². The summed E-state index contributed by atoms with van der Waals surface area (Å²) in [5.74, 6) is 0. The third-order valence-electron chi connectivity index (χ3n) is 2.28. The molecule has 0 saturated heterocycles. The van der Waals surface area contributed by atoms with E-state index >= 15 is 0 Å². The van der Waals surface area contributed by atoms with E-state index in [1.165, 1.54) is 0 Å². The highest BCUT2D eigenvalue weighted by atomic mass is 16.2. The Hall–Kier alpha value is -0.770. The van der Waals surface area contributed by atoms with E-state index in [9.17, 15) is 4.79 Å². The van der Waals surface area contributed by atoms with Gasteiger partial charge in [0.1, 0.15) is 0 Å². The van der Waals surface area contributed by atoms with Crippen LogP contribution in [0.25, 0.3) is 0 Å². The summed E-state index contributed by atoms with van der Waals surface area (Å²) in [7, 11) is 1.82. The Morgan fingerprint density at radius 1 is 1.36 bits per heavy atom. The molecule has 0 saturated carbocycles. The molecular weight excluding hydrogens is 178 g/mol. The van der Waals surface area contributed by atoms with E-state index in [1.54, 1.807) is 9.80 Å². The number of nitrogens with zero attached hydrogens (tertiary/aromatic N) is 2. The molecule has 1 unspecified atom stereocenters. The molecule has 14 heavy (non-hydrogen) atoms. The summed E-state index contributed by atoms with van der Waals surface area (Å²) >= 11 is 0. The monoisotopic (exact) mass is 201 g/mol. The number of amides is 2. The Kier molecular flexibility index (Phi) is 6.28. The molecule has 4 heteroatoms. The minimum atomic E-state index is 0.0932. The van der Waals surface area contributed by atoms with Gasteiger partial charge in [-0.15, -0.1) is 0 Å². The lowest BCUT2D eigenvalue weighted by molar-refractivity contribution is 0.166. The van der Waals surface area contributed by atoms with Gasteiger partial charge in [0, 0.05) is 32.7 Å². The van der Waals surface area contributed by atoms with E-state index < -0.39 is 0 Å². The van der Waals surface area contributed by atoms with Gasteiger partial charge in [0.15, 0.2) is 0 Å². The summed E-state index contributed by atoms with van der Waals surface area (Å²) in [4.78, 5) is 15.3. The molecule has 0 aliphatic heterocycles. The zero-order valence-electron chi connectivity index (χ0n) is 9.79. The van der Waals surface area contributed by atoms with Gasteiger partial charge in [0.25, 0.3) is 0 Å². The second kappa shape index (κ2) is 6.65. The average molecular weight is 201 g/mol. The molecule has 0 aromatic rings. The second-order valence-corrected chi connectivity index (χ2v) is 3.64. The van der Waals surface area contributed by atoms with Crippen molar-refractivity contribution in [3.8, 4) is 0 Å². The van der Waals surface area contributed by atoms with Crippen LogP contribution in [0.5, 0.6) is 0 Å². The van der Waals surface area contributed by atoms with Crippen LogP contribution < -0.4 is 5.73 Å². The van der Waals surface area contributed by atoms with Gasteiger partial charge in [-0.2, -0.15) is 0 Å². The molecule has 84 valence electrons. The van der Waals surface area contributed by atoms with E-state index in [0.717, 1.165) is 26.1 Å². The molecule has 0 heterocycles. The van der Waals surface area contributed by atoms with Crippen LogP contribution >= 0.6 is 0 Å². The number of carbonyl (C=O) groups excluding carboxylic acids is 1. The first kappa shape index (κ1) is 13.2. The number of rotatable bonds is 5. The van der Waals surface area contributed by atoms with E-state index in [0.29, 0.717) is 0 Å². The smallest absolute Gasteiger partial charge is 0.319 e. The van der Waals surface area contributed by atoms with Crippen molar-refractivity contribution in [3.63, 3.8) is 0 Å². The molecule has 0 fully saturated rings. The Morgan fingerprint density at radius 3 is 2.21 bits per heavy atom. The quantitative estimate of drug-likeness (QED) is 0.724. The third-order valence-corrected chi connectivity index (χ3v) is 2.28. The van der Waals surface area contributed by atoms with Crippen molar-refractivity contribution in [2.24, 2.45) is 5.73 Å². The molecule has 2 N–H and O–H groups in total. The fourth-order valence-electron chi connectivity index (χ4n) is 1.23. The average Bonchev–Trinajstić information content (AvgIpc) is 2.15. The summed E-state index contributed by atoms with van der Waals surface area (Å²) in [6.45, 7) is 8.18. The van der Waals surface area contributed by atoms with Crippen LogP contribution in [0.1, 0.15) is 27.2 Å². The Balaban J connectivity index is 3.97. The first-order valence-electron chi connectivity index (χ1n) is 5.28. The van der Waals surface area contributed by atoms with Crippen LogP contribution in [0.3, 0.4) is 0 Å². The molecule has 0 aromatic carbocycles. The number of nitrogens with two attached hydrogens (primary N) is 1. The fraction of sp³-hybridized carbons (Fsp3) is 0.900. The highest BCUT2D eigenvalue weighted by Gasteiger charge is 2.14. The maximum Gasteiger partial charge on any atom is 0.319 e. The van der Waals surface area contributed by atoms with Crippen molar-refractivity contribution < 1.29 is 4.79 Å². The summed E-state index contributed by atoms with van der Waals surface area (Å²) in [5, 5.41) is 0. The highest BCUT2D eigenvalue weighted by molar-refractivity contribution is 5.74. The lowest BCUT2D eigenvalue weighted by Crippen LogP contribution is -2.42. The largest absolute Gasteiger partial charge is 0.328 e. The normalized spacial score (nSPS) is 12.4. The van der Waals surface area contributed by atoms with Crippen LogP contribution in [-0.4, -0.2) is 48.6 Å². The van der Waals surface area contributed by atoms with Crippen LogP contribution in [0.2, 0.25) is 0 Å². The molecule has 0 radical (unpaired) electrons. The standard InChI is InChI=1S/C10H23N3O/c1-5-13(6-2)10(14)12(4)8-7-9(3)11/h9H,5-8,11H2,1-4H3. The Bertz CT molecular complexity index is 167. The second-order valence-electron chi connectivity index (χ2n) is 3.64. The summed E-state index contributed by atoms with van der Waals surface area (Å²) in [6.07, 6.45) is 0.851. The number of carbonyl (C=O) groups is 1. The zero-order valence-corrected chi connectivity index (χ0v) is 9.79. The number of hydrogen-bond acceptors (Lipinski definition) is 2. The fourth-order valence-corrected chi connectivity index (χ4v) is 1.23. The molecule has 4 nitrogen and oxygen atoms in total. The van der Waals surface area contributed by atoms with Crippen LogP contribution in [0.15, 0.2) is 0 Å². The number of urea groups is 1. The predicted molar refractivity (Wildman–Crippen MR) is 59.2 cm³/mol. The maximum absolute atomic E-state index is 11.7. The molecule has 0 bridgehead atoms. The lowest BCUT2D eigenvalue weighted by Gasteiger charge is -2.26. The first-order valence-corrected chi connectivity index (χ1v) is 5.28. The minimum absolute atomic E-state index is 0.0932. The molecular formula is C10H23N3O. The van der Waals surface area contributed by atoms with Gasteiger partial charge >= 0.3 is 6.03 Å². The molecule has 1 atom stereocenters. The van der Waals surface area contributed by atoms with E-state index in [2.05, 4.69) is 0 Å². The Morgan fingerprint density at radius 2 is 1.86 bits per heavy atom. The van der Waals surface area contributed by atoms with Gasteiger partial charge < -0.3 is 15.5 Å². The molecule has 0 aromatic heterocycles. The molecule has 2 amide bonds. The van der Waals surface area contributed by atoms with Crippen LogP contribution in [-0.2, 0) is 0 Å². The maximum atomic E-state index is 11.7. The van der Waals surface area contributed by atoms with E-state index in [-0.39, 0.29) is 12.1 Å². The van der Waals surface area contributed by atoms with Gasteiger partial charge in [0.2, 0.25) is 0 Å². The van der Waals surface area contributed by atoms with E-state index in [1.807, 2.05) is 27.8 Å². The number of hydrogen-bond donors (Lipinski definition) is 1. The van der Waals surface area contributed by atoms with Gasteiger partial charge in [-0.05, 0) is 27.2 Å². The topological polar surface area (TPSA) is 49.6 Å². The lowest BCUT2D eigenvalue weighted by atomic mass is 10.2. The third kappa shape index (κ3) is 4.46. The van der Waals surface area contributed by atoms with Crippen LogP contribution in [0, 0.1) is 0 Å². The van der Waals surface area contributed by atoms with Crippen molar-refractivity contribution in [3.05, 3.63) is 0 Å². The van der Waals surface area contributed by atoms with Crippen molar-refractivity contribution in [2.75, 3.05) is 26.7 Å². The van der Waals surface area contributed by atoms with E-state index in [4.69, 9.17) is 5.73 Å². The van der Waals surface area contributed by atoms with Crippen LogP contribution in [0.4, 0.5) is 4.79 Å². The van der Waals surface area contributed by atoms with Crippen molar-refractivity contribution >= 4 is 6.03 Å². The summed E-state index contributed by atoms with van der Waals surface area (Å²) in [5.41, 5.74) is 5.63. The molecule has 0 spiro atoms. The minimum Gasteiger partial charge on any atom is -0.328 e. The van der Waals surface area contributed by atoms with Gasteiger partial charge in [-0.1, -0.05) is 0 Å². The molecule has 0 aliphatic carbocycles. The molecule has 0 aliphatic rings. The molecule has 0 rings (SSSR count). The SMILES string of the molecule is CCN(CC)C(=O)N(C)CCC(C)N. The van der Waals surface area contributed by atoms with Crippen molar-refractivity contribution in [1.82, 2.24) is 9.80 Å². The zero-order chi connectivity index (χ0) is 11.1. The van der Waals surface area contributed by atoms with Crippen molar-refractivity contribution in [2.45, 2.75) is 33.2 Å². The first-order chi connectivity index (χ1) is 6.52. The predicted octanol–water partition coefficient (Wildman–Crippen LogP) is 1.12. The summed E-state index contributed by atoms with van der Waals surface area (Å²) in [6, 6.07) is 0.248.